The maximum atomic E-state index is 13.8. The van der Waals surface area contributed by atoms with Gasteiger partial charge < -0.3 is 10.7 Å². The second-order valence-corrected chi connectivity index (χ2v) is 9.26. The molecule has 6 nitrogen and oxygen atoms in total. The zero-order valence-corrected chi connectivity index (χ0v) is 19.2. The number of halogens is 3. The molecule has 1 aliphatic carbocycles. The lowest BCUT2D eigenvalue weighted by molar-refractivity contribution is -0.137. The van der Waals surface area contributed by atoms with Crippen LogP contribution in [0.15, 0.2) is 47.4 Å². The molecule has 0 atom stereocenters. The van der Waals surface area contributed by atoms with Crippen LogP contribution in [0.5, 0.6) is 0 Å². The molecular weight excluding hydrogens is 457 g/mol. The molecule has 180 valence electrons. The molecule has 4 rings (SSSR count). The summed E-state index contributed by atoms with van der Waals surface area (Å²) in [4.78, 5) is 35.1. The topological polar surface area (TPSA) is 102 Å². The van der Waals surface area contributed by atoms with Gasteiger partial charge in [-0.1, -0.05) is 25.8 Å². The molecule has 1 aromatic carbocycles. The number of hydrogen-bond donors (Lipinski definition) is 2. The van der Waals surface area contributed by atoms with E-state index < -0.39 is 28.6 Å². The van der Waals surface area contributed by atoms with Crippen molar-refractivity contribution in [1.29, 1.82) is 0 Å². The summed E-state index contributed by atoms with van der Waals surface area (Å²) in [5, 5.41) is 0. The molecule has 2 aromatic heterocycles. The number of hydrogen-bond acceptors (Lipinski definition) is 4. The first-order valence-electron chi connectivity index (χ1n) is 11.0. The summed E-state index contributed by atoms with van der Waals surface area (Å²) in [7, 11) is 0. The summed E-state index contributed by atoms with van der Waals surface area (Å²) in [5.41, 5.74) is 4.24. The Hall–Kier alpha value is -3.93. The molecule has 35 heavy (non-hydrogen) atoms. The number of H-pyrrole nitrogens is 1. The quantitative estimate of drug-likeness (QED) is 0.531. The highest BCUT2D eigenvalue weighted by Crippen LogP contribution is 2.37. The molecule has 0 saturated heterocycles. The van der Waals surface area contributed by atoms with Crippen LogP contribution in [0.3, 0.4) is 0 Å². The van der Waals surface area contributed by atoms with Gasteiger partial charge in [-0.25, -0.2) is 9.97 Å². The van der Waals surface area contributed by atoms with Gasteiger partial charge in [-0.15, -0.1) is 0 Å². The molecule has 9 heteroatoms. The van der Waals surface area contributed by atoms with Crippen LogP contribution < -0.4 is 11.3 Å². The largest absolute Gasteiger partial charge is 0.417 e. The molecule has 1 aliphatic rings. The van der Waals surface area contributed by atoms with Crippen molar-refractivity contribution in [3.63, 3.8) is 0 Å². The highest BCUT2D eigenvalue weighted by atomic mass is 19.4. The van der Waals surface area contributed by atoms with Gasteiger partial charge in [0.05, 0.1) is 11.3 Å². The fourth-order valence-corrected chi connectivity index (χ4v) is 3.50. The first kappa shape index (κ1) is 24.2. The average molecular weight is 480 g/mol. The van der Waals surface area contributed by atoms with Crippen molar-refractivity contribution in [1.82, 2.24) is 15.0 Å². The maximum absolute atomic E-state index is 13.8. The van der Waals surface area contributed by atoms with Crippen LogP contribution >= 0.6 is 0 Å². The number of carbonyl (C=O) groups excluding carboxylic acids is 1. The van der Waals surface area contributed by atoms with Gasteiger partial charge in [-0.3, -0.25) is 9.59 Å². The predicted molar refractivity (Wildman–Crippen MR) is 125 cm³/mol. The monoisotopic (exact) mass is 480 g/mol. The van der Waals surface area contributed by atoms with Crippen LogP contribution in [0, 0.1) is 23.2 Å². The smallest absolute Gasteiger partial charge is 0.369 e. The van der Waals surface area contributed by atoms with E-state index in [9.17, 15) is 22.8 Å². The van der Waals surface area contributed by atoms with Crippen LogP contribution in [0.2, 0.25) is 0 Å². The van der Waals surface area contributed by atoms with E-state index in [2.05, 4.69) is 26.8 Å². The van der Waals surface area contributed by atoms with Gasteiger partial charge in [0.2, 0.25) is 5.91 Å². The summed E-state index contributed by atoms with van der Waals surface area (Å²) >= 11 is 0. The standard InChI is InChI=1S/C26H23F3N4O2/c1-25(2,24(30)35)13-16-6-10-20(26(27,28)29)19(11-16)23-32-21(12-22(34)33-23)17-7-9-18(31-14-17)8-5-15-3-4-15/h6-7,9-12,14-15H,3-4,13H2,1-2H3,(H2,30,35)(H,32,33,34). The van der Waals surface area contributed by atoms with Crippen molar-refractivity contribution in [3.8, 4) is 34.5 Å². The molecule has 0 spiro atoms. The third-order valence-electron chi connectivity index (χ3n) is 5.74. The summed E-state index contributed by atoms with van der Waals surface area (Å²) in [6, 6.07) is 8.05. The van der Waals surface area contributed by atoms with Crippen LogP contribution in [-0.2, 0) is 17.4 Å². The van der Waals surface area contributed by atoms with Crippen molar-refractivity contribution in [2.24, 2.45) is 17.1 Å². The number of rotatable bonds is 5. The van der Waals surface area contributed by atoms with Crippen LogP contribution in [0.25, 0.3) is 22.6 Å². The van der Waals surface area contributed by atoms with Gasteiger partial charge in [0, 0.05) is 34.7 Å². The zero-order valence-electron chi connectivity index (χ0n) is 19.2. The van der Waals surface area contributed by atoms with Crippen molar-refractivity contribution in [2.75, 3.05) is 0 Å². The number of alkyl halides is 3. The van der Waals surface area contributed by atoms with E-state index in [0.717, 1.165) is 18.9 Å². The predicted octanol–water partition coefficient (Wildman–Crippen LogP) is 4.33. The zero-order chi connectivity index (χ0) is 25.4. The molecule has 0 bridgehead atoms. The Morgan fingerprint density at radius 1 is 1.17 bits per heavy atom. The van der Waals surface area contributed by atoms with E-state index in [1.54, 1.807) is 26.0 Å². The lowest BCUT2D eigenvalue weighted by Gasteiger charge is -2.21. The molecule has 1 amide bonds. The second kappa shape index (κ2) is 9.02. The van der Waals surface area contributed by atoms with Gasteiger partial charge >= 0.3 is 6.18 Å². The van der Waals surface area contributed by atoms with E-state index in [-0.39, 0.29) is 23.5 Å². The van der Waals surface area contributed by atoms with E-state index >= 15 is 0 Å². The minimum Gasteiger partial charge on any atom is -0.369 e. The number of primary amides is 1. The minimum absolute atomic E-state index is 0.116. The minimum atomic E-state index is -4.69. The number of aromatic nitrogens is 3. The maximum Gasteiger partial charge on any atom is 0.417 e. The number of amides is 1. The van der Waals surface area contributed by atoms with E-state index in [1.807, 2.05) is 0 Å². The Labute approximate surface area is 199 Å². The lowest BCUT2D eigenvalue weighted by Crippen LogP contribution is -2.33. The average Bonchev–Trinajstić information content (AvgIpc) is 3.61. The van der Waals surface area contributed by atoms with Gasteiger partial charge in [0.1, 0.15) is 11.5 Å². The van der Waals surface area contributed by atoms with Crippen molar-refractivity contribution in [3.05, 3.63) is 69.8 Å². The van der Waals surface area contributed by atoms with Crippen molar-refractivity contribution in [2.45, 2.75) is 39.3 Å². The van der Waals surface area contributed by atoms with Crippen LogP contribution in [0.1, 0.15) is 43.5 Å². The summed E-state index contributed by atoms with van der Waals surface area (Å²) in [5.74, 6) is 5.68. The summed E-state index contributed by atoms with van der Waals surface area (Å²) < 4.78 is 41.5. The number of aromatic amines is 1. The Kier molecular flexibility index (Phi) is 6.24. The fraction of sp³-hybridized carbons (Fsp3) is 0.308. The normalized spacial score (nSPS) is 13.7. The lowest BCUT2D eigenvalue weighted by atomic mass is 9.84. The first-order chi connectivity index (χ1) is 16.4. The summed E-state index contributed by atoms with van der Waals surface area (Å²) in [6.07, 6.45) is -0.911. The Bertz CT molecular complexity index is 1390. The number of nitrogens with two attached hydrogens (primary N) is 1. The number of benzene rings is 1. The van der Waals surface area contributed by atoms with Gasteiger partial charge in [-0.05, 0) is 55.0 Å². The van der Waals surface area contributed by atoms with E-state index in [1.165, 1.54) is 24.4 Å². The highest BCUT2D eigenvalue weighted by Gasteiger charge is 2.35. The molecule has 1 saturated carbocycles. The van der Waals surface area contributed by atoms with Crippen molar-refractivity contribution < 1.29 is 18.0 Å². The highest BCUT2D eigenvalue weighted by molar-refractivity contribution is 5.80. The summed E-state index contributed by atoms with van der Waals surface area (Å²) in [6.45, 7) is 3.22. The second-order valence-electron chi connectivity index (χ2n) is 9.26. The molecule has 3 aromatic rings. The fourth-order valence-electron chi connectivity index (χ4n) is 3.50. The molecule has 2 heterocycles. The molecule has 0 unspecified atom stereocenters. The number of carbonyl (C=O) groups is 1. The van der Waals surface area contributed by atoms with Crippen LogP contribution in [-0.4, -0.2) is 20.9 Å². The molecule has 3 N–H and O–H groups in total. The molecule has 0 radical (unpaired) electrons. The number of nitrogens with zero attached hydrogens (tertiary/aromatic N) is 2. The Balaban J connectivity index is 1.76. The SMILES string of the molecule is CC(C)(Cc1ccc(C(F)(F)F)c(-c2nc(-c3ccc(C#CC4CC4)nc3)cc(=O)[nH]2)c1)C(N)=O. The molecule has 1 fully saturated rings. The van der Waals surface area contributed by atoms with Crippen LogP contribution in [0.4, 0.5) is 13.2 Å². The van der Waals surface area contributed by atoms with Gasteiger partial charge in [0.25, 0.3) is 5.56 Å². The number of nitrogens with one attached hydrogen (secondary N) is 1. The van der Waals surface area contributed by atoms with Gasteiger partial charge in [-0.2, -0.15) is 13.2 Å². The third-order valence-corrected chi connectivity index (χ3v) is 5.74. The van der Waals surface area contributed by atoms with E-state index in [0.29, 0.717) is 22.7 Å². The van der Waals surface area contributed by atoms with Crippen molar-refractivity contribution >= 4 is 5.91 Å². The van der Waals surface area contributed by atoms with Gasteiger partial charge in [0.15, 0.2) is 0 Å². The Morgan fingerprint density at radius 2 is 1.91 bits per heavy atom. The Morgan fingerprint density at radius 3 is 2.51 bits per heavy atom. The molecular formula is C26H23F3N4O2. The van der Waals surface area contributed by atoms with E-state index in [4.69, 9.17) is 5.73 Å². The third kappa shape index (κ3) is 5.77. The first-order valence-corrected chi connectivity index (χ1v) is 11.0. The number of pyridine rings is 1. The molecule has 0 aliphatic heterocycles.